The summed E-state index contributed by atoms with van der Waals surface area (Å²) in [6.07, 6.45) is 0. The summed E-state index contributed by atoms with van der Waals surface area (Å²) >= 11 is 6.03. The summed E-state index contributed by atoms with van der Waals surface area (Å²) in [6, 6.07) is 13.7. The fourth-order valence-corrected chi connectivity index (χ4v) is 2.40. The third-order valence-corrected chi connectivity index (χ3v) is 3.73. The van der Waals surface area contributed by atoms with Gasteiger partial charge in [-0.05, 0) is 6.92 Å². The highest BCUT2D eigenvalue weighted by Gasteiger charge is 2.09. The molecule has 0 saturated carbocycles. The van der Waals surface area contributed by atoms with E-state index in [2.05, 4.69) is 20.7 Å². The van der Waals surface area contributed by atoms with Gasteiger partial charge in [-0.1, -0.05) is 48.0 Å². The molecule has 0 radical (unpaired) electrons. The Kier molecular flexibility index (Phi) is 4.35. The number of anilines is 1. The predicted octanol–water partition coefficient (Wildman–Crippen LogP) is 4.03. The van der Waals surface area contributed by atoms with Crippen molar-refractivity contribution in [3.63, 3.8) is 0 Å². The number of nitrogens with one attached hydrogen (secondary N) is 1. The van der Waals surface area contributed by atoms with E-state index in [0.717, 1.165) is 10.8 Å². The van der Waals surface area contributed by atoms with Crippen LogP contribution in [0.2, 0.25) is 5.15 Å². The largest absolute Gasteiger partial charge is 0.270 e. The molecule has 24 heavy (non-hydrogen) atoms. The summed E-state index contributed by atoms with van der Waals surface area (Å²) in [7, 11) is 0. The number of nitrogens with zero attached hydrogens (tertiary/aromatic N) is 4. The average molecular weight is 342 g/mol. The monoisotopic (exact) mass is 341 g/mol. The van der Waals surface area contributed by atoms with Crippen LogP contribution in [0.25, 0.3) is 10.8 Å². The predicted molar refractivity (Wildman–Crippen MR) is 93.5 cm³/mol. The molecule has 120 valence electrons. The van der Waals surface area contributed by atoms with E-state index in [1.165, 1.54) is 12.1 Å². The molecule has 0 unspecified atom stereocenters. The molecule has 0 saturated heterocycles. The van der Waals surface area contributed by atoms with Crippen molar-refractivity contribution < 1.29 is 4.92 Å². The molecule has 0 aliphatic rings. The molecule has 2 aromatic carbocycles. The molecule has 3 rings (SSSR count). The van der Waals surface area contributed by atoms with E-state index >= 15 is 0 Å². The lowest BCUT2D eigenvalue weighted by Gasteiger charge is -2.06. The minimum absolute atomic E-state index is 0.0128. The van der Waals surface area contributed by atoms with Gasteiger partial charge >= 0.3 is 0 Å². The van der Waals surface area contributed by atoms with E-state index in [1.807, 2.05) is 24.3 Å². The summed E-state index contributed by atoms with van der Waals surface area (Å²) in [5.41, 5.74) is 4.08. The fraction of sp³-hybridized carbons (Fsp3) is 0.0625. The highest BCUT2D eigenvalue weighted by atomic mass is 35.5. The van der Waals surface area contributed by atoms with Gasteiger partial charge in [0.2, 0.25) is 0 Å². The number of halogens is 1. The highest BCUT2D eigenvalue weighted by molar-refractivity contribution is 6.34. The Morgan fingerprint density at radius 2 is 1.92 bits per heavy atom. The maximum Gasteiger partial charge on any atom is 0.270 e. The number of hydrogen-bond donors (Lipinski definition) is 1. The molecule has 1 aromatic heterocycles. The van der Waals surface area contributed by atoms with Crippen molar-refractivity contribution in [1.29, 1.82) is 0 Å². The number of non-ortho nitro benzene ring substituents is 1. The second kappa shape index (κ2) is 6.59. The molecule has 0 amide bonds. The summed E-state index contributed by atoms with van der Waals surface area (Å²) in [6.45, 7) is 1.75. The number of rotatable bonds is 4. The van der Waals surface area contributed by atoms with Crippen LogP contribution in [-0.2, 0) is 0 Å². The van der Waals surface area contributed by atoms with Crippen LogP contribution in [0.5, 0.6) is 0 Å². The molecule has 0 aliphatic carbocycles. The van der Waals surface area contributed by atoms with E-state index < -0.39 is 4.92 Å². The van der Waals surface area contributed by atoms with E-state index in [9.17, 15) is 10.1 Å². The first-order valence-electron chi connectivity index (χ1n) is 7.02. The Balaban J connectivity index is 1.92. The molecule has 0 bridgehead atoms. The van der Waals surface area contributed by atoms with E-state index in [4.69, 9.17) is 11.6 Å². The molecule has 1 N–H and O–H groups in total. The highest BCUT2D eigenvalue weighted by Crippen LogP contribution is 2.25. The van der Waals surface area contributed by atoms with Gasteiger partial charge in [-0.3, -0.25) is 15.5 Å². The molecule has 0 atom stereocenters. The molecular weight excluding hydrogens is 330 g/mol. The van der Waals surface area contributed by atoms with Crippen LogP contribution in [-0.4, -0.2) is 20.8 Å². The van der Waals surface area contributed by atoms with Crippen LogP contribution in [0.1, 0.15) is 12.5 Å². The second-order valence-corrected chi connectivity index (χ2v) is 5.36. The van der Waals surface area contributed by atoms with Crippen LogP contribution in [0.3, 0.4) is 0 Å². The SMILES string of the molecule is C/C(=N\Nc1nnc(Cl)c2ccccc12)c1cccc([N+](=O)[O-])c1. The Labute approximate surface area is 142 Å². The van der Waals surface area contributed by atoms with Crippen molar-refractivity contribution in [3.05, 3.63) is 69.4 Å². The Morgan fingerprint density at radius 3 is 2.67 bits per heavy atom. The van der Waals surface area contributed by atoms with Crippen LogP contribution >= 0.6 is 11.6 Å². The van der Waals surface area contributed by atoms with Gasteiger partial charge in [0.25, 0.3) is 5.69 Å². The van der Waals surface area contributed by atoms with E-state index in [1.54, 1.807) is 19.1 Å². The van der Waals surface area contributed by atoms with Crippen LogP contribution in [0.15, 0.2) is 53.6 Å². The summed E-state index contributed by atoms with van der Waals surface area (Å²) in [4.78, 5) is 10.4. The standard InChI is InChI=1S/C16H12ClN5O2/c1-10(11-5-4-6-12(9-11)22(23)24)18-20-16-14-8-3-2-7-13(14)15(17)19-21-16/h2-9H,1H3,(H,20,21)/b18-10+. The summed E-state index contributed by atoms with van der Waals surface area (Å²) in [5, 5.41) is 24.9. The first kappa shape index (κ1) is 15.8. The third-order valence-electron chi connectivity index (χ3n) is 3.45. The summed E-state index contributed by atoms with van der Waals surface area (Å²) in [5.74, 6) is 0.458. The minimum atomic E-state index is -0.442. The zero-order valence-electron chi connectivity index (χ0n) is 12.6. The Morgan fingerprint density at radius 1 is 1.17 bits per heavy atom. The van der Waals surface area contributed by atoms with Crippen LogP contribution < -0.4 is 5.43 Å². The van der Waals surface area contributed by atoms with Gasteiger partial charge in [0.15, 0.2) is 11.0 Å². The van der Waals surface area contributed by atoms with Crippen LogP contribution in [0.4, 0.5) is 11.5 Å². The van der Waals surface area contributed by atoms with Gasteiger partial charge in [-0.25, -0.2) is 0 Å². The zero-order valence-corrected chi connectivity index (χ0v) is 13.4. The van der Waals surface area contributed by atoms with Crippen molar-refractivity contribution in [1.82, 2.24) is 10.2 Å². The van der Waals surface area contributed by atoms with Crippen LogP contribution in [0, 0.1) is 10.1 Å². The number of hydrogen-bond acceptors (Lipinski definition) is 6. The molecule has 0 spiro atoms. The molecule has 7 nitrogen and oxygen atoms in total. The van der Waals surface area contributed by atoms with Gasteiger partial charge < -0.3 is 0 Å². The van der Waals surface area contributed by atoms with Gasteiger partial charge in [0.1, 0.15) is 0 Å². The molecule has 1 heterocycles. The Hall–Kier alpha value is -3.06. The second-order valence-electron chi connectivity index (χ2n) is 5.00. The third kappa shape index (κ3) is 3.16. The number of hydrazone groups is 1. The quantitative estimate of drug-likeness (QED) is 0.439. The van der Waals surface area contributed by atoms with E-state index in [-0.39, 0.29) is 5.69 Å². The van der Waals surface area contributed by atoms with Crippen molar-refractivity contribution in [2.75, 3.05) is 5.43 Å². The van der Waals surface area contributed by atoms with Crippen molar-refractivity contribution >= 4 is 39.6 Å². The maximum absolute atomic E-state index is 10.9. The van der Waals surface area contributed by atoms with Gasteiger partial charge in [-0.15, -0.1) is 10.2 Å². The smallest absolute Gasteiger partial charge is 0.259 e. The van der Waals surface area contributed by atoms with Crippen molar-refractivity contribution in [3.8, 4) is 0 Å². The normalized spacial score (nSPS) is 11.5. The first-order chi connectivity index (χ1) is 11.6. The van der Waals surface area contributed by atoms with Gasteiger partial charge in [0.05, 0.1) is 10.6 Å². The number of fused-ring (bicyclic) bond motifs is 1. The molecule has 8 heteroatoms. The topological polar surface area (TPSA) is 93.3 Å². The number of benzene rings is 2. The average Bonchev–Trinajstić information content (AvgIpc) is 2.61. The molecule has 0 fully saturated rings. The van der Waals surface area contributed by atoms with E-state index in [0.29, 0.717) is 22.2 Å². The number of nitro benzene ring substituents is 1. The van der Waals surface area contributed by atoms with Gasteiger partial charge in [0, 0.05) is 28.5 Å². The summed E-state index contributed by atoms with van der Waals surface area (Å²) < 4.78 is 0. The lowest BCUT2D eigenvalue weighted by atomic mass is 10.1. The fourth-order valence-electron chi connectivity index (χ4n) is 2.20. The lowest BCUT2D eigenvalue weighted by molar-refractivity contribution is -0.384. The minimum Gasteiger partial charge on any atom is -0.259 e. The zero-order chi connectivity index (χ0) is 17.1. The molecule has 3 aromatic rings. The number of aromatic nitrogens is 2. The van der Waals surface area contributed by atoms with Gasteiger partial charge in [-0.2, -0.15) is 5.10 Å². The van der Waals surface area contributed by atoms with Crippen molar-refractivity contribution in [2.24, 2.45) is 5.10 Å². The first-order valence-corrected chi connectivity index (χ1v) is 7.40. The Bertz CT molecular complexity index is 958. The van der Waals surface area contributed by atoms with Crippen molar-refractivity contribution in [2.45, 2.75) is 6.92 Å². The lowest BCUT2D eigenvalue weighted by Crippen LogP contribution is -2.03. The maximum atomic E-state index is 10.9. The number of nitro groups is 1. The molecular formula is C16H12ClN5O2. The molecule has 0 aliphatic heterocycles.